The van der Waals surface area contributed by atoms with Gasteiger partial charge in [0.05, 0.1) is 22.3 Å². The van der Waals surface area contributed by atoms with Gasteiger partial charge in [0.15, 0.2) is 0 Å². The summed E-state index contributed by atoms with van der Waals surface area (Å²) in [6, 6.07) is 8.93. The highest BCUT2D eigenvalue weighted by molar-refractivity contribution is 5.94. The largest absolute Gasteiger partial charge is 0.316 e. The number of benzene rings is 1. The maximum Gasteiger partial charge on any atom is 0.111 e. The molecular formula is C23H29N3. The first kappa shape index (κ1) is 17.3. The molecule has 0 amide bonds. The number of hydrogen-bond donors (Lipinski definition) is 0. The Bertz CT molecular complexity index is 985. The molecule has 2 aromatic heterocycles. The molecule has 0 N–H and O–H groups in total. The third-order valence-corrected chi connectivity index (χ3v) is 5.85. The molecule has 3 heterocycles. The van der Waals surface area contributed by atoms with Gasteiger partial charge in [-0.2, -0.15) is 0 Å². The van der Waals surface area contributed by atoms with E-state index in [-0.39, 0.29) is 11.0 Å². The lowest BCUT2D eigenvalue weighted by atomic mass is 9.77. The van der Waals surface area contributed by atoms with Crippen LogP contribution in [0.15, 0.2) is 30.5 Å². The fraction of sp³-hybridized carbons (Fsp3) is 0.478. The van der Waals surface area contributed by atoms with Gasteiger partial charge in [0.25, 0.3) is 0 Å². The van der Waals surface area contributed by atoms with Crippen molar-refractivity contribution in [3.05, 3.63) is 47.4 Å². The Morgan fingerprint density at radius 2 is 1.81 bits per heavy atom. The maximum absolute atomic E-state index is 5.09. The second-order valence-corrected chi connectivity index (χ2v) is 8.92. The van der Waals surface area contributed by atoms with Crippen LogP contribution >= 0.6 is 0 Å². The highest BCUT2D eigenvalue weighted by Gasteiger charge is 2.41. The topological polar surface area (TPSA) is 30.7 Å². The maximum atomic E-state index is 5.09. The molecule has 1 aliphatic rings. The fourth-order valence-corrected chi connectivity index (χ4v) is 4.65. The summed E-state index contributed by atoms with van der Waals surface area (Å²) in [5, 5.41) is 0. The Balaban J connectivity index is 2.15. The van der Waals surface area contributed by atoms with E-state index < -0.39 is 0 Å². The highest BCUT2D eigenvalue weighted by atomic mass is 15.2. The molecule has 0 saturated carbocycles. The Hall–Kier alpha value is -2.16. The van der Waals surface area contributed by atoms with Crippen LogP contribution in [0.25, 0.3) is 22.3 Å². The number of fused-ring (bicyclic) bond motifs is 2. The van der Waals surface area contributed by atoms with Crippen molar-refractivity contribution < 1.29 is 0 Å². The molecule has 3 aromatic rings. The van der Waals surface area contributed by atoms with Crippen molar-refractivity contribution in [2.45, 2.75) is 66.3 Å². The van der Waals surface area contributed by atoms with Crippen molar-refractivity contribution in [3.8, 4) is 11.3 Å². The SMILES string of the molecule is CCC1(CC)c2ccc(C)cc2-c2nccc3nc(CC(C)(C)C)n1c23. The summed E-state index contributed by atoms with van der Waals surface area (Å²) in [6.45, 7) is 13.6. The van der Waals surface area contributed by atoms with Crippen molar-refractivity contribution in [1.82, 2.24) is 14.5 Å². The predicted molar refractivity (Wildman–Crippen MR) is 109 cm³/mol. The summed E-state index contributed by atoms with van der Waals surface area (Å²) in [7, 11) is 0. The van der Waals surface area contributed by atoms with Crippen LogP contribution in [0, 0.1) is 12.3 Å². The number of imidazole rings is 1. The molecule has 26 heavy (non-hydrogen) atoms. The molecule has 1 aliphatic heterocycles. The number of aryl methyl sites for hydroxylation is 1. The molecular weight excluding hydrogens is 318 g/mol. The fourth-order valence-electron chi connectivity index (χ4n) is 4.65. The van der Waals surface area contributed by atoms with Gasteiger partial charge < -0.3 is 4.57 Å². The molecule has 0 atom stereocenters. The van der Waals surface area contributed by atoms with Crippen LogP contribution in [-0.2, 0) is 12.0 Å². The van der Waals surface area contributed by atoms with Gasteiger partial charge in [-0.25, -0.2) is 4.98 Å². The molecule has 3 nitrogen and oxygen atoms in total. The van der Waals surface area contributed by atoms with Gasteiger partial charge in [0.2, 0.25) is 0 Å². The second kappa shape index (κ2) is 5.67. The molecule has 3 heteroatoms. The lowest BCUT2D eigenvalue weighted by molar-refractivity contribution is 0.306. The van der Waals surface area contributed by atoms with Crippen LogP contribution in [0.1, 0.15) is 64.4 Å². The van der Waals surface area contributed by atoms with Gasteiger partial charge in [0, 0.05) is 18.2 Å². The zero-order valence-corrected chi connectivity index (χ0v) is 16.8. The van der Waals surface area contributed by atoms with E-state index >= 15 is 0 Å². The molecule has 0 unspecified atom stereocenters. The molecule has 0 spiro atoms. The first-order chi connectivity index (χ1) is 12.3. The van der Waals surface area contributed by atoms with Crippen LogP contribution in [0.4, 0.5) is 0 Å². The van der Waals surface area contributed by atoms with E-state index in [1.807, 2.05) is 6.20 Å². The minimum Gasteiger partial charge on any atom is -0.316 e. The van der Waals surface area contributed by atoms with E-state index in [0.29, 0.717) is 0 Å². The van der Waals surface area contributed by atoms with Crippen LogP contribution < -0.4 is 0 Å². The van der Waals surface area contributed by atoms with Crippen molar-refractivity contribution in [3.63, 3.8) is 0 Å². The quantitative estimate of drug-likeness (QED) is 0.593. The Morgan fingerprint density at radius 1 is 1.08 bits per heavy atom. The molecule has 0 radical (unpaired) electrons. The molecule has 0 fully saturated rings. The monoisotopic (exact) mass is 347 g/mol. The summed E-state index contributed by atoms with van der Waals surface area (Å²) in [5.41, 5.74) is 7.49. The lowest BCUT2D eigenvalue weighted by Gasteiger charge is -2.41. The Morgan fingerprint density at radius 3 is 2.46 bits per heavy atom. The third-order valence-electron chi connectivity index (χ3n) is 5.85. The molecule has 1 aromatic carbocycles. The Kier molecular flexibility index (Phi) is 3.76. The van der Waals surface area contributed by atoms with Crippen molar-refractivity contribution in [2.75, 3.05) is 0 Å². The van der Waals surface area contributed by atoms with E-state index in [4.69, 9.17) is 9.97 Å². The summed E-state index contributed by atoms with van der Waals surface area (Å²) in [5.74, 6) is 1.19. The van der Waals surface area contributed by atoms with E-state index in [0.717, 1.165) is 30.5 Å². The minimum atomic E-state index is -0.0472. The summed E-state index contributed by atoms with van der Waals surface area (Å²) in [6.07, 6.45) is 4.98. The van der Waals surface area contributed by atoms with E-state index in [9.17, 15) is 0 Å². The highest BCUT2D eigenvalue weighted by Crippen LogP contribution is 2.48. The third kappa shape index (κ3) is 2.33. The van der Waals surface area contributed by atoms with Crippen molar-refractivity contribution in [1.29, 1.82) is 0 Å². The standard InChI is InChI=1S/C23H29N3/c1-7-23(8-2)17-10-9-15(3)13-16(17)20-21-18(11-12-24-20)25-19(26(21)23)14-22(4,5)6/h9-13H,7-8,14H2,1-6H3. The van der Waals surface area contributed by atoms with Gasteiger partial charge >= 0.3 is 0 Å². The normalized spacial score (nSPS) is 15.3. The summed E-state index contributed by atoms with van der Waals surface area (Å²) in [4.78, 5) is 9.89. The average molecular weight is 348 g/mol. The van der Waals surface area contributed by atoms with Crippen LogP contribution in [0.2, 0.25) is 0 Å². The predicted octanol–water partition coefficient (Wildman–Crippen LogP) is 5.87. The molecule has 136 valence electrons. The number of hydrogen-bond acceptors (Lipinski definition) is 2. The minimum absolute atomic E-state index is 0.0472. The van der Waals surface area contributed by atoms with Crippen molar-refractivity contribution >= 4 is 11.0 Å². The summed E-state index contributed by atoms with van der Waals surface area (Å²) < 4.78 is 2.54. The zero-order valence-electron chi connectivity index (χ0n) is 16.8. The number of rotatable bonds is 3. The van der Waals surface area contributed by atoms with Gasteiger partial charge in [-0.3, -0.25) is 4.98 Å². The number of aromatic nitrogens is 3. The van der Waals surface area contributed by atoms with E-state index in [1.165, 1.54) is 28.0 Å². The second-order valence-electron chi connectivity index (χ2n) is 8.92. The Labute approximate surface area is 156 Å². The number of nitrogens with zero attached hydrogens (tertiary/aromatic N) is 3. The first-order valence-electron chi connectivity index (χ1n) is 9.79. The van der Waals surface area contributed by atoms with Crippen LogP contribution in [0.3, 0.4) is 0 Å². The van der Waals surface area contributed by atoms with E-state index in [2.05, 4.69) is 70.4 Å². The van der Waals surface area contributed by atoms with Crippen LogP contribution in [0.5, 0.6) is 0 Å². The molecule has 0 bridgehead atoms. The lowest BCUT2D eigenvalue weighted by Crippen LogP contribution is -2.38. The first-order valence-corrected chi connectivity index (χ1v) is 9.79. The smallest absolute Gasteiger partial charge is 0.111 e. The van der Waals surface area contributed by atoms with Crippen molar-refractivity contribution in [2.24, 2.45) is 5.41 Å². The van der Waals surface area contributed by atoms with Gasteiger partial charge in [0.1, 0.15) is 5.82 Å². The zero-order chi connectivity index (χ0) is 18.7. The average Bonchev–Trinajstić information content (AvgIpc) is 2.94. The molecule has 0 aliphatic carbocycles. The molecule has 0 saturated heterocycles. The molecule has 4 rings (SSSR count). The van der Waals surface area contributed by atoms with Gasteiger partial charge in [-0.05, 0) is 42.9 Å². The van der Waals surface area contributed by atoms with Gasteiger partial charge in [-0.1, -0.05) is 52.3 Å². The van der Waals surface area contributed by atoms with Gasteiger partial charge in [-0.15, -0.1) is 0 Å². The van der Waals surface area contributed by atoms with E-state index in [1.54, 1.807) is 0 Å². The number of pyridine rings is 1. The van der Waals surface area contributed by atoms with Crippen LogP contribution in [-0.4, -0.2) is 14.5 Å². The summed E-state index contributed by atoms with van der Waals surface area (Å²) >= 11 is 0.